The van der Waals surface area contributed by atoms with Crippen LogP contribution in [0, 0.1) is 0 Å². The van der Waals surface area contributed by atoms with E-state index in [0.717, 1.165) is 0 Å². The number of hydrogen-bond acceptors (Lipinski definition) is 0. The van der Waals surface area contributed by atoms with Gasteiger partial charge in [-0.25, -0.2) is 0 Å². The van der Waals surface area contributed by atoms with Crippen LogP contribution in [0.15, 0.2) is 0 Å². The zero-order valence-corrected chi connectivity index (χ0v) is 7.23. The second-order valence-electron chi connectivity index (χ2n) is 0. The molecular weight excluding hydrogens is 184 g/mol. The molecule has 1 radical (unpaired) electrons. The summed E-state index contributed by atoms with van der Waals surface area (Å²) in [6.07, 6.45) is 0. The Morgan fingerprint density at radius 1 is 0.500 bits per heavy atom. The molecule has 0 aromatic carbocycles. The summed E-state index contributed by atoms with van der Waals surface area (Å²) in [4.78, 5) is 0. The van der Waals surface area contributed by atoms with Crippen LogP contribution in [0.25, 0.3) is 0 Å². The molecule has 0 unspecified atom stereocenters. The van der Waals surface area contributed by atoms with E-state index in [4.69, 9.17) is 0 Å². The predicted octanol–water partition coefficient (Wildman–Crippen LogP) is -3.30. The Kier molecular flexibility index (Phi) is 6630. The van der Waals surface area contributed by atoms with Crippen molar-refractivity contribution in [2.75, 3.05) is 0 Å². The molecule has 0 atom stereocenters. The molecule has 6 heteroatoms. The summed E-state index contributed by atoms with van der Waals surface area (Å²) < 4.78 is 0. The Morgan fingerprint density at radius 2 is 0.500 bits per heavy atom. The Morgan fingerprint density at radius 3 is 0.500 bits per heavy atom. The largest absolute Gasteiger partial charge is 0.412 e. The Bertz CT molecular complexity index is 7.51. The van der Waals surface area contributed by atoms with E-state index in [1.807, 2.05) is 0 Å². The minimum atomic E-state index is 0. The van der Waals surface area contributed by atoms with Crippen LogP contribution in [0.5, 0.6) is 0 Å². The van der Waals surface area contributed by atoms with E-state index in [1.165, 1.54) is 0 Å². The van der Waals surface area contributed by atoms with Gasteiger partial charge in [0.15, 0.2) is 0 Å². The van der Waals surface area contributed by atoms with Gasteiger partial charge in [-0.2, -0.15) is 0 Å². The summed E-state index contributed by atoms with van der Waals surface area (Å²) in [5.41, 5.74) is 0. The van der Waals surface area contributed by atoms with E-state index in [9.17, 15) is 0 Å². The third-order valence-electron chi connectivity index (χ3n) is 0. The first-order chi connectivity index (χ1) is 0. The van der Waals surface area contributed by atoms with Gasteiger partial charge in [0.25, 0.3) is 0 Å². The van der Waals surface area contributed by atoms with Gasteiger partial charge in [0.1, 0.15) is 0 Å². The van der Waals surface area contributed by atoms with Crippen molar-refractivity contribution in [1.82, 2.24) is 0 Å². The fourth-order valence-corrected chi connectivity index (χ4v) is 0. The third kappa shape index (κ3) is 81.8. The quantitative estimate of drug-likeness (QED) is 0.356. The van der Waals surface area contributed by atoms with Crippen LogP contribution in [-0.4, -0.2) is 21.9 Å². The fourth-order valence-electron chi connectivity index (χ4n) is 0. The van der Waals surface area contributed by atoms with Gasteiger partial charge >= 0.3 is 0 Å². The van der Waals surface area contributed by atoms with Gasteiger partial charge in [0, 0.05) is 36.5 Å². The molecule has 0 saturated carbocycles. The molecule has 0 fully saturated rings. The van der Waals surface area contributed by atoms with Crippen molar-refractivity contribution >= 4 is 0 Å². The van der Waals surface area contributed by atoms with Gasteiger partial charge in [-0.15, -0.1) is 0 Å². The van der Waals surface area contributed by atoms with E-state index in [1.54, 1.807) is 0 Å². The van der Waals surface area contributed by atoms with Crippen LogP contribution in [0.4, 0.5) is 0 Å². The minimum absolute atomic E-state index is 0. The molecule has 0 aromatic heterocycles. The first kappa shape index (κ1) is 259. The maximum Gasteiger partial charge on any atom is 0 e. The second-order valence-corrected chi connectivity index (χ2v) is 0. The Hall–Kier alpha value is 0.983. The molecule has 41 valence electrons. The van der Waals surface area contributed by atoms with Gasteiger partial charge in [-0.3, -0.25) is 0 Å². The summed E-state index contributed by atoms with van der Waals surface area (Å²) in [5.74, 6) is 0. The van der Waals surface area contributed by atoms with Crippen molar-refractivity contribution in [2.24, 2.45) is 0 Å². The van der Waals surface area contributed by atoms with Crippen molar-refractivity contribution in [2.45, 2.75) is 0 Å². The predicted molar refractivity (Wildman–Crippen MR) is 14.5 cm³/mol. The summed E-state index contributed by atoms with van der Waals surface area (Å²) >= 11 is 0. The molecule has 0 aromatic rings. The summed E-state index contributed by atoms with van der Waals surface area (Å²) in [6, 6.07) is 0. The Balaban J connectivity index is 0. The van der Waals surface area contributed by atoms with E-state index in [0.29, 0.717) is 0 Å². The topological polar surface area (TPSA) is 126 Å². The number of rotatable bonds is 0. The van der Waals surface area contributed by atoms with Crippen molar-refractivity contribution in [3.63, 3.8) is 0 Å². The molecule has 0 aliphatic rings. The third-order valence-corrected chi connectivity index (χ3v) is 0. The van der Waals surface area contributed by atoms with E-state index in [2.05, 4.69) is 0 Å². The van der Waals surface area contributed by atoms with Crippen LogP contribution in [0.2, 0.25) is 0 Å². The van der Waals surface area contributed by atoms with E-state index in [-0.39, 0.29) is 58.5 Å². The SMILES string of the molecule is O.O.O.O.[Mn].[Zn]. The van der Waals surface area contributed by atoms with Crippen LogP contribution in [0.3, 0.4) is 0 Å². The van der Waals surface area contributed by atoms with Crippen LogP contribution in [0.1, 0.15) is 0 Å². The Labute approximate surface area is 58.8 Å². The summed E-state index contributed by atoms with van der Waals surface area (Å²) in [6.45, 7) is 0. The van der Waals surface area contributed by atoms with Gasteiger partial charge in [0.05, 0.1) is 0 Å². The normalized spacial score (nSPS) is 0. The van der Waals surface area contributed by atoms with Crippen molar-refractivity contribution in [1.29, 1.82) is 0 Å². The molecule has 0 heterocycles. The molecular formula is H8MnO4Zn. The number of hydrogen-bond donors (Lipinski definition) is 0. The molecule has 0 spiro atoms. The molecule has 0 aliphatic carbocycles. The first-order valence-electron chi connectivity index (χ1n) is 0. The van der Waals surface area contributed by atoms with Crippen molar-refractivity contribution < 1.29 is 58.5 Å². The molecule has 0 saturated heterocycles. The monoisotopic (exact) mass is 191 g/mol. The minimum Gasteiger partial charge on any atom is -0.412 e. The smallest absolute Gasteiger partial charge is 0 e. The zero-order chi connectivity index (χ0) is 0. The average molecular weight is 192 g/mol. The molecule has 0 bridgehead atoms. The average Bonchev–Trinajstić information content (AvgIpc) is 0. The zero-order valence-electron chi connectivity index (χ0n) is 3.09. The summed E-state index contributed by atoms with van der Waals surface area (Å²) in [7, 11) is 0. The van der Waals surface area contributed by atoms with E-state index >= 15 is 0 Å². The first-order valence-corrected chi connectivity index (χ1v) is 0. The van der Waals surface area contributed by atoms with Crippen LogP contribution >= 0.6 is 0 Å². The van der Waals surface area contributed by atoms with Crippen LogP contribution in [-0.2, 0) is 36.5 Å². The van der Waals surface area contributed by atoms with Crippen molar-refractivity contribution in [3.05, 3.63) is 0 Å². The van der Waals surface area contributed by atoms with Crippen LogP contribution < -0.4 is 0 Å². The molecule has 6 heavy (non-hydrogen) atoms. The van der Waals surface area contributed by atoms with Gasteiger partial charge in [0.2, 0.25) is 0 Å². The van der Waals surface area contributed by atoms with Crippen molar-refractivity contribution in [3.8, 4) is 0 Å². The molecule has 4 nitrogen and oxygen atoms in total. The molecule has 0 aliphatic heterocycles. The summed E-state index contributed by atoms with van der Waals surface area (Å²) in [5, 5.41) is 0. The molecule has 0 rings (SSSR count). The van der Waals surface area contributed by atoms with E-state index < -0.39 is 0 Å². The molecule has 8 N–H and O–H groups in total. The van der Waals surface area contributed by atoms with Gasteiger partial charge < -0.3 is 21.9 Å². The molecule has 0 amide bonds. The second kappa shape index (κ2) is 154. The van der Waals surface area contributed by atoms with Gasteiger partial charge in [-0.05, 0) is 0 Å². The van der Waals surface area contributed by atoms with Gasteiger partial charge in [-0.1, -0.05) is 0 Å². The maximum absolute atomic E-state index is 0. The standard InChI is InChI=1S/Mn.4H2O.Zn/h;4*1H2;. The maximum atomic E-state index is 0. The fraction of sp³-hybridized carbons (Fsp3) is 0.